The molecule has 2 bridgehead atoms. The van der Waals surface area contributed by atoms with Crippen LogP contribution in [0.5, 0.6) is 5.88 Å². The molecule has 4 aromatic rings. The minimum absolute atomic E-state index is 0.0779. The maximum Gasteiger partial charge on any atom is 0.251 e. The van der Waals surface area contributed by atoms with Crippen LogP contribution in [-0.4, -0.2) is 52.3 Å². The van der Waals surface area contributed by atoms with Crippen LogP contribution in [0.4, 0.5) is 0 Å². The number of H-pyrrole nitrogens is 1. The number of aromatic amines is 1. The minimum atomic E-state index is -0.152. The molecule has 4 heterocycles. The number of nitrogens with zero attached hydrogens (tertiary/aromatic N) is 2. The summed E-state index contributed by atoms with van der Waals surface area (Å²) in [7, 11) is 0. The number of carbonyl (C=O) groups is 1. The third kappa shape index (κ3) is 4.65. The van der Waals surface area contributed by atoms with Gasteiger partial charge in [0.1, 0.15) is 0 Å². The van der Waals surface area contributed by atoms with Crippen molar-refractivity contribution in [1.29, 1.82) is 0 Å². The van der Waals surface area contributed by atoms with Crippen LogP contribution in [0.2, 0.25) is 0 Å². The van der Waals surface area contributed by atoms with E-state index in [9.17, 15) is 9.90 Å². The molecule has 37 heavy (non-hydrogen) atoms. The molecule has 2 atom stereocenters. The number of hydrogen-bond acceptors (Lipinski definition) is 4. The first-order chi connectivity index (χ1) is 18.1. The number of nitrogens with one attached hydrogen (secondary N) is 2. The number of benzene rings is 3. The van der Waals surface area contributed by atoms with E-state index in [4.69, 9.17) is 4.99 Å². The first-order valence-electron chi connectivity index (χ1n) is 13.1. The summed E-state index contributed by atoms with van der Waals surface area (Å²) < 4.78 is 0. The van der Waals surface area contributed by atoms with E-state index in [1.54, 1.807) is 6.07 Å². The number of piperidine rings is 3. The Labute approximate surface area is 217 Å². The molecular weight excluding hydrogens is 460 g/mol. The summed E-state index contributed by atoms with van der Waals surface area (Å²) in [5.41, 5.74) is 4.76. The van der Waals surface area contributed by atoms with Crippen LogP contribution in [-0.2, 0) is 0 Å². The molecule has 6 heteroatoms. The fourth-order valence-corrected chi connectivity index (χ4v) is 5.79. The average molecular weight is 493 g/mol. The molecule has 3 aliphatic heterocycles. The number of amides is 1. The van der Waals surface area contributed by atoms with E-state index in [1.165, 1.54) is 12.8 Å². The molecule has 188 valence electrons. The number of hydrogen-bond donors (Lipinski definition) is 3. The number of aromatic nitrogens is 1. The third-order valence-corrected chi connectivity index (χ3v) is 7.89. The quantitative estimate of drug-likeness (QED) is 0.320. The molecule has 1 amide bonds. The Morgan fingerprint density at radius 1 is 1.00 bits per heavy atom. The van der Waals surface area contributed by atoms with Gasteiger partial charge in [0.15, 0.2) is 5.88 Å². The Hall–Kier alpha value is -3.90. The molecule has 0 saturated carbocycles. The van der Waals surface area contributed by atoms with Crippen molar-refractivity contribution in [3.05, 3.63) is 101 Å². The van der Waals surface area contributed by atoms with Crippen LogP contribution in [0.25, 0.3) is 10.9 Å². The average Bonchev–Trinajstić information content (AvgIpc) is 3.28. The highest BCUT2D eigenvalue weighted by Crippen LogP contribution is 2.34. The van der Waals surface area contributed by atoms with Crippen molar-refractivity contribution < 1.29 is 9.90 Å². The van der Waals surface area contributed by atoms with Crippen molar-refractivity contribution in [2.24, 2.45) is 10.9 Å². The van der Waals surface area contributed by atoms with Crippen LogP contribution in [0.3, 0.4) is 0 Å². The van der Waals surface area contributed by atoms with Gasteiger partial charge in [-0.25, -0.2) is 0 Å². The fourth-order valence-electron chi connectivity index (χ4n) is 5.79. The molecule has 3 aromatic carbocycles. The Bertz CT molecular complexity index is 1440. The van der Waals surface area contributed by atoms with E-state index < -0.39 is 0 Å². The minimum Gasteiger partial charge on any atom is -0.494 e. The predicted octanol–water partition coefficient (Wildman–Crippen LogP) is 5.30. The lowest BCUT2D eigenvalue weighted by atomic mass is 9.84. The zero-order valence-electron chi connectivity index (χ0n) is 21.0. The van der Waals surface area contributed by atoms with Gasteiger partial charge in [-0.1, -0.05) is 60.7 Å². The van der Waals surface area contributed by atoms with Gasteiger partial charge >= 0.3 is 0 Å². The van der Waals surface area contributed by atoms with Gasteiger partial charge in [0.25, 0.3) is 5.91 Å². The first kappa shape index (κ1) is 23.5. The molecule has 0 aliphatic carbocycles. The summed E-state index contributed by atoms with van der Waals surface area (Å²) in [6.07, 6.45) is 2.33. The van der Waals surface area contributed by atoms with Gasteiger partial charge in [0, 0.05) is 28.6 Å². The van der Waals surface area contributed by atoms with Gasteiger partial charge in [-0.15, -0.1) is 0 Å². The van der Waals surface area contributed by atoms with Gasteiger partial charge in [-0.3, -0.25) is 9.79 Å². The lowest BCUT2D eigenvalue weighted by Gasteiger charge is -2.43. The Morgan fingerprint density at radius 2 is 1.70 bits per heavy atom. The summed E-state index contributed by atoms with van der Waals surface area (Å²) in [6, 6.07) is 25.6. The molecule has 6 nitrogen and oxygen atoms in total. The van der Waals surface area contributed by atoms with Crippen LogP contribution in [0.15, 0.2) is 83.9 Å². The van der Waals surface area contributed by atoms with Crippen molar-refractivity contribution in [3.8, 4) is 5.88 Å². The van der Waals surface area contributed by atoms with E-state index in [0.29, 0.717) is 17.0 Å². The summed E-state index contributed by atoms with van der Waals surface area (Å²) in [4.78, 5) is 24.1. The lowest BCUT2D eigenvalue weighted by Crippen LogP contribution is -2.49. The lowest BCUT2D eigenvalue weighted by molar-refractivity contribution is 0.0907. The number of fused-ring (bicyclic) bond motifs is 4. The van der Waals surface area contributed by atoms with Crippen molar-refractivity contribution in [1.82, 2.24) is 15.2 Å². The first-order valence-corrected chi connectivity index (χ1v) is 13.1. The standard InChI is InChI=1S/C31H32N4O2/c1-20(21-8-4-2-5-9-21)32-30(36)24-12-13-26-25(18-24)28(31(37)34-26)29(23-10-6-3-7-11-23)33-27-19-35-16-14-22(27)15-17-35/h2-13,18,20,22,27,34,37H,14-17,19H2,1H3,(H,32,36)/t20-,27?/m1/s1. The molecule has 1 aromatic heterocycles. The zero-order chi connectivity index (χ0) is 25.4. The monoisotopic (exact) mass is 492 g/mol. The maximum absolute atomic E-state index is 13.2. The molecular formula is C31H32N4O2. The molecule has 0 radical (unpaired) electrons. The highest BCUT2D eigenvalue weighted by molar-refractivity contribution is 6.21. The van der Waals surface area contributed by atoms with Crippen molar-refractivity contribution in [2.45, 2.75) is 31.8 Å². The van der Waals surface area contributed by atoms with Crippen molar-refractivity contribution >= 4 is 22.5 Å². The number of carbonyl (C=O) groups excluding carboxylic acids is 1. The van der Waals surface area contributed by atoms with Gasteiger partial charge in [-0.2, -0.15) is 0 Å². The Kier molecular flexibility index (Phi) is 6.26. The van der Waals surface area contributed by atoms with Crippen LogP contribution in [0.1, 0.15) is 52.9 Å². The molecule has 3 saturated heterocycles. The highest BCUT2D eigenvalue weighted by Gasteiger charge is 2.34. The second kappa shape index (κ2) is 9.87. The largest absolute Gasteiger partial charge is 0.494 e. The summed E-state index contributed by atoms with van der Waals surface area (Å²) in [5.74, 6) is 0.492. The molecule has 3 fully saturated rings. The molecule has 1 unspecified atom stereocenters. The van der Waals surface area contributed by atoms with Gasteiger partial charge < -0.3 is 20.3 Å². The normalized spacial score (nSPS) is 22.2. The van der Waals surface area contributed by atoms with Crippen LogP contribution >= 0.6 is 0 Å². The SMILES string of the molecule is C[C@@H](NC(=O)c1ccc2[nH]c(O)c(C(=NC3CN4CCC3CC4)c3ccccc3)c2c1)c1ccccc1. The smallest absolute Gasteiger partial charge is 0.251 e. The molecule has 3 N–H and O–H groups in total. The Morgan fingerprint density at radius 3 is 2.38 bits per heavy atom. The molecule has 7 rings (SSSR count). The second-order valence-electron chi connectivity index (χ2n) is 10.3. The topological polar surface area (TPSA) is 80.7 Å². The van der Waals surface area contributed by atoms with E-state index in [2.05, 4.69) is 15.2 Å². The van der Waals surface area contributed by atoms with E-state index >= 15 is 0 Å². The zero-order valence-corrected chi connectivity index (χ0v) is 21.0. The fraction of sp³-hybridized carbons (Fsp3) is 0.290. The van der Waals surface area contributed by atoms with Gasteiger partial charge in [-0.05, 0) is 62.5 Å². The van der Waals surface area contributed by atoms with Gasteiger partial charge in [0.2, 0.25) is 0 Å². The summed E-state index contributed by atoms with van der Waals surface area (Å²) in [5, 5.41) is 15.0. The van der Waals surface area contributed by atoms with E-state index in [0.717, 1.165) is 47.4 Å². The summed E-state index contributed by atoms with van der Waals surface area (Å²) >= 11 is 0. The molecule has 0 spiro atoms. The predicted molar refractivity (Wildman–Crippen MR) is 147 cm³/mol. The highest BCUT2D eigenvalue weighted by atomic mass is 16.3. The number of aliphatic imine (C=N–C) groups is 1. The van der Waals surface area contributed by atoms with E-state index in [-0.39, 0.29) is 23.9 Å². The van der Waals surface area contributed by atoms with Gasteiger partial charge in [0.05, 0.1) is 23.4 Å². The van der Waals surface area contributed by atoms with Crippen molar-refractivity contribution in [2.75, 3.05) is 19.6 Å². The van der Waals surface area contributed by atoms with Crippen LogP contribution in [0, 0.1) is 5.92 Å². The number of aromatic hydroxyl groups is 1. The maximum atomic E-state index is 13.2. The third-order valence-electron chi connectivity index (χ3n) is 7.89. The van der Waals surface area contributed by atoms with Crippen LogP contribution < -0.4 is 5.32 Å². The molecule has 3 aliphatic rings. The van der Waals surface area contributed by atoms with E-state index in [1.807, 2.05) is 79.7 Å². The summed E-state index contributed by atoms with van der Waals surface area (Å²) in [6.45, 7) is 5.23. The van der Waals surface area contributed by atoms with Crippen molar-refractivity contribution in [3.63, 3.8) is 0 Å². The number of rotatable bonds is 6. The second-order valence-corrected chi connectivity index (χ2v) is 10.3. The Balaban J connectivity index is 1.39.